The first kappa shape index (κ1) is 14.0. The number of carboxylic acids is 1. The Morgan fingerprint density at radius 1 is 1.53 bits per heavy atom. The van der Waals surface area contributed by atoms with Crippen LogP contribution < -0.4 is 0 Å². The van der Waals surface area contributed by atoms with Gasteiger partial charge in [-0.1, -0.05) is 43.5 Å². The second-order valence-electron chi connectivity index (χ2n) is 3.91. The van der Waals surface area contributed by atoms with Crippen molar-refractivity contribution in [3.63, 3.8) is 0 Å². The van der Waals surface area contributed by atoms with Crippen molar-refractivity contribution in [2.24, 2.45) is 0 Å². The monoisotopic (exact) mass is 256 g/mol. The molecule has 4 heteroatoms. The zero-order chi connectivity index (χ0) is 12.7. The Morgan fingerprint density at radius 2 is 2.29 bits per heavy atom. The number of hydrogen-bond acceptors (Lipinski definition) is 2. The number of hydrogen-bond donors (Lipinski definition) is 1. The van der Waals surface area contributed by atoms with Crippen LogP contribution in [0.25, 0.3) is 0 Å². The van der Waals surface area contributed by atoms with E-state index >= 15 is 0 Å². The smallest absolute Gasteiger partial charge is 0.332 e. The normalized spacial score (nSPS) is 12.4. The van der Waals surface area contributed by atoms with Gasteiger partial charge in [-0.15, -0.1) is 0 Å². The van der Waals surface area contributed by atoms with Crippen molar-refractivity contribution < 1.29 is 14.6 Å². The number of halogens is 1. The predicted molar refractivity (Wildman–Crippen MR) is 67.2 cm³/mol. The molecule has 0 saturated carbocycles. The summed E-state index contributed by atoms with van der Waals surface area (Å²) in [5.41, 5.74) is 0.889. The molecule has 1 rings (SSSR count). The third-order valence-corrected chi connectivity index (χ3v) is 2.67. The molecule has 1 unspecified atom stereocenters. The lowest BCUT2D eigenvalue weighted by molar-refractivity contribution is -0.151. The Balaban J connectivity index is 2.48. The van der Waals surface area contributed by atoms with Gasteiger partial charge in [-0.3, -0.25) is 0 Å². The quantitative estimate of drug-likeness (QED) is 0.812. The maximum Gasteiger partial charge on any atom is 0.332 e. The second kappa shape index (κ2) is 7.30. The molecule has 1 N–H and O–H groups in total. The van der Waals surface area contributed by atoms with Gasteiger partial charge in [-0.25, -0.2) is 4.79 Å². The van der Waals surface area contributed by atoms with Gasteiger partial charge >= 0.3 is 5.97 Å². The summed E-state index contributed by atoms with van der Waals surface area (Å²) in [5.74, 6) is -0.902. The lowest BCUT2D eigenvalue weighted by Gasteiger charge is -2.13. The highest BCUT2D eigenvalue weighted by Crippen LogP contribution is 2.13. The summed E-state index contributed by atoms with van der Waals surface area (Å²) in [7, 11) is 0. The molecule has 94 valence electrons. The number of ether oxygens (including phenoxy) is 1. The van der Waals surface area contributed by atoms with Gasteiger partial charge in [0, 0.05) is 5.02 Å². The molecule has 0 spiro atoms. The molecule has 0 radical (unpaired) electrons. The zero-order valence-corrected chi connectivity index (χ0v) is 10.6. The minimum Gasteiger partial charge on any atom is -0.479 e. The molecule has 3 nitrogen and oxygen atoms in total. The summed E-state index contributed by atoms with van der Waals surface area (Å²) < 4.78 is 5.39. The highest BCUT2D eigenvalue weighted by Gasteiger charge is 2.17. The molecule has 0 bridgehead atoms. The van der Waals surface area contributed by atoms with Gasteiger partial charge in [-0.05, 0) is 24.1 Å². The Kier molecular flexibility index (Phi) is 6.01. The average molecular weight is 257 g/mol. The highest BCUT2D eigenvalue weighted by atomic mass is 35.5. The van der Waals surface area contributed by atoms with E-state index in [1.807, 2.05) is 19.1 Å². The van der Waals surface area contributed by atoms with E-state index in [0.29, 0.717) is 11.4 Å². The summed E-state index contributed by atoms with van der Waals surface area (Å²) in [4.78, 5) is 10.9. The number of rotatable bonds is 7. The minimum absolute atomic E-state index is 0.279. The van der Waals surface area contributed by atoms with Crippen LogP contribution in [0.1, 0.15) is 31.7 Å². The van der Waals surface area contributed by atoms with Crippen molar-refractivity contribution in [2.45, 2.75) is 38.9 Å². The highest BCUT2D eigenvalue weighted by molar-refractivity contribution is 6.30. The lowest BCUT2D eigenvalue weighted by Crippen LogP contribution is -2.23. The predicted octanol–water partition coefficient (Wildman–Crippen LogP) is 3.50. The summed E-state index contributed by atoms with van der Waals surface area (Å²) in [6, 6.07) is 7.24. The molecule has 0 saturated heterocycles. The first-order valence-electron chi connectivity index (χ1n) is 5.72. The number of benzene rings is 1. The van der Waals surface area contributed by atoms with Gasteiger partial charge in [-0.2, -0.15) is 0 Å². The molecule has 0 aliphatic carbocycles. The van der Waals surface area contributed by atoms with E-state index in [4.69, 9.17) is 21.4 Å². The summed E-state index contributed by atoms with van der Waals surface area (Å²) in [6.07, 6.45) is 1.64. The molecule has 0 aliphatic rings. The van der Waals surface area contributed by atoms with Crippen molar-refractivity contribution in [2.75, 3.05) is 0 Å². The molecule has 0 heterocycles. The maximum absolute atomic E-state index is 10.9. The second-order valence-corrected chi connectivity index (χ2v) is 4.35. The van der Waals surface area contributed by atoms with Gasteiger partial charge in [0.05, 0.1) is 6.61 Å². The third-order valence-electron chi connectivity index (χ3n) is 2.44. The average Bonchev–Trinajstić information content (AvgIpc) is 2.28. The number of unbranched alkanes of at least 4 members (excludes halogenated alkanes) is 1. The Labute approximate surface area is 106 Å². The van der Waals surface area contributed by atoms with Gasteiger partial charge in [0.15, 0.2) is 6.10 Å². The maximum atomic E-state index is 10.9. The molecule has 1 aromatic carbocycles. The molecular formula is C13H17ClO3. The van der Waals surface area contributed by atoms with E-state index in [0.717, 1.165) is 18.4 Å². The van der Waals surface area contributed by atoms with E-state index in [1.54, 1.807) is 12.1 Å². The Bertz CT molecular complexity index is 365. The van der Waals surface area contributed by atoms with Crippen LogP contribution in [0.5, 0.6) is 0 Å². The topological polar surface area (TPSA) is 46.5 Å². The van der Waals surface area contributed by atoms with E-state index < -0.39 is 12.1 Å². The van der Waals surface area contributed by atoms with Crippen LogP contribution in [0.4, 0.5) is 0 Å². The van der Waals surface area contributed by atoms with Gasteiger partial charge in [0.1, 0.15) is 0 Å². The van der Waals surface area contributed by atoms with Crippen LogP contribution in [-0.4, -0.2) is 17.2 Å². The van der Waals surface area contributed by atoms with Crippen molar-refractivity contribution >= 4 is 17.6 Å². The Morgan fingerprint density at radius 3 is 2.88 bits per heavy atom. The van der Waals surface area contributed by atoms with Crippen LogP contribution in [-0.2, 0) is 16.1 Å². The number of carbonyl (C=O) groups is 1. The largest absolute Gasteiger partial charge is 0.479 e. The Hall–Kier alpha value is -1.06. The molecule has 0 aromatic heterocycles. The number of carboxylic acid groups (broad SMARTS) is 1. The zero-order valence-electron chi connectivity index (χ0n) is 9.86. The fourth-order valence-electron chi connectivity index (χ4n) is 1.49. The van der Waals surface area contributed by atoms with Crippen LogP contribution >= 0.6 is 11.6 Å². The van der Waals surface area contributed by atoms with Crippen LogP contribution in [0.2, 0.25) is 5.02 Å². The van der Waals surface area contributed by atoms with Gasteiger partial charge < -0.3 is 9.84 Å². The van der Waals surface area contributed by atoms with E-state index in [1.165, 1.54) is 0 Å². The van der Waals surface area contributed by atoms with Crippen molar-refractivity contribution in [1.82, 2.24) is 0 Å². The molecule has 1 aromatic rings. The molecule has 0 amide bonds. The summed E-state index contributed by atoms with van der Waals surface area (Å²) in [5, 5.41) is 9.61. The van der Waals surface area contributed by atoms with Crippen molar-refractivity contribution in [1.29, 1.82) is 0 Å². The minimum atomic E-state index is -0.902. The first-order chi connectivity index (χ1) is 8.13. The van der Waals surface area contributed by atoms with E-state index in [2.05, 4.69) is 0 Å². The number of aliphatic carboxylic acids is 1. The molecular weight excluding hydrogens is 240 g/mol. The van der Waals surface area contributed by atoms with E-state index in [9.17, 15) is 4.79 Å². The summed E-state index contributed by atoms with van der Waals surface area (Å²) >= 11 is 5.83. The SMILES string of the molecule is CCCCC(OCc1cccc(Cl)c1)C(=O)O. The molecule has 0 aliphatic heterocycles. The van der Waals surface area contributed by atoms with Gasteiger partial charge in [0.25, 0.3) is 0 Å². The third kappa shape index (κ3) is 5.20. The molecule has 17 heavy (non-hydrogen) atoms. The fourth-order valence-corrected chi connectivity index (χ4v) is 1.70. The molecule has 0 fully saturated rings. The standard InChI is InChI=1S/C13H17ClO3/c1-2-3-7-12(13(15)16)17-9-10-5-4-6-11(14)8-10/h4-6,8,12H,2-3,7,9H2,1H3,(H,15,16). The van der Waals surface area contributed by atoms with Crippen LogP contribution in [0.3, 0.4) is 0 Å². The van der Waals surface area contributed by atoms with Gasteiger partial charge in [0.2, 0.25) is 0 Å². The summed E-state index contributed by atoms with van der Waals surface area (Å²) in [6.45, 7) is 2.30. The van der Waals surface area contributed by atoms with Crippen molar-refractivity contribution in [3.8, 4) is 0 Å². The lowest BCUT2D eigenvalue weighted by atomic mass is 10.1. The van der Waals surface area contributed by atoms with E-state index in [-0.39, 0.29) is 6.61 Å². The van der Waals surface area contributed by atoms with Crippen molar-refractivity contribution in [3.05, 3.63) is 34.9 Å². The van der Waals surface area contributed by atoms with Crippen LogP contribution in [0.15, 0.2) is 24.3 Å². The fraction of sp³-hybridized carbons (Fsp3) is 0.462. The first-order valence-corrected chi connectivity index (χ1v) is 6.10. The molecule has 1 atom stereocenters. The van der Waals surface area contributed by atoms with Crippen LogP contribution in [0, 0.1) is 0 Å².